The van der Waals surface area contributed by atoms with Gasteiger partial charge in [-0.15, -0.1) is 0 Å². The third-order valence-corrected chi connectivity index (χ3v) is 2.87. The van der Waals surface area contributed by atoms with E-state index in [-0.39, 0.29) is 5.75 Å². The molecule has 0 saturated carbocycles. The summed E-state index contributed by atoms with van der Waals surface area (Å²) in [6.45, 7) is 0.336. The van der Waals surface area contributed by atoms with Crippen LogP contribution in [0.1, 0.15) is 5.56 Å². The number of aromatic hydroxyl groups is 1. The zero-order valence-electron chi connectivity index (χ0n) is 10.3. The lowest BCUT2D eigenvalue weighted by atomic mass is 10.2. The second-order valence-electron chi connectivity index (χ2n) is 3.98. The van der Waals surface area contributed by atoms with Crippen LogP contribution >= 0.6 is 11.6 Å². The summed E-state index contributed by atoms with van der Waals surface area (Å²) in [5.74, 6) is 0.0569. The van der Waals surface area contributed by atoms with Gasteiger partial charge in [0.2, 0.25) is 0 Å². The monoisotopic (exact) mass is 281 g/mol. The van der Waals surface area contributed by atoms with Crippen molar-refractivity contribution in [2.24, 2.45) is 0 Å². The predicted octanol–water partition coefficient (Wildman–Crippen LogP) is 3.81. The summed E-state index contributed by atoms with van der Waals surface area (Å²) in [7, 11) is 1.48. The Hall–Kier alpha value is -1.94. The number of halogens is 2. The quantitative estimate of drug-likeness (QED) is 0.895. The van der Waals surface area contributed by atoms with Crippen molar-refractivity contribution in [3.63, 3.8) is 0 Å². The van der Waals surface area contributed by atoms with E-state index >= 15 is 0 Å². The molecule has 0 saturated heterocycles. The van der Waals surface area contributed by atoms with Crippen LogP contribution in [0.15, 0.2) is 36.4 Å². The van der Waals surface area contributed by atoms with Gasteiger partial charge in [0, 0.05) is 22.8 Å². The fourth-order valence-electron chi connectivity index (χ4n) is 1.73. The van der Waals surface area contributed by atoms with Crippen molar-refractivity contribution >= 4 is 17.3 Å². The summed E-state index contributed by atoms with van der Waals surface area (Å²) in [5, 5.41) is 13.2. The highest BCUT2D eigenvalue weighted by Crippen LogP contribution is 2.30. The second kappa shape index (κ2) is 5.80. The smallest absolute Gasteiger partial charge is 0.162 e. The summed E-state index contributed by atoms with van der Waals surface area (Å²) in [4.78, 5) is 0. The molecule has 0 unspecified atom stereocenters. The first kappa shape index (κ1) is 13.5. The average molecular weight is 282 g/mol. The molecule has 19 heavy (non-hydrogen) atoms. The largest absolute Gasteiger partial charge is 0.504 e. The molecule has 2 aromatic carbocycles. The van der Waals surface area contributed by atoms with Crippen LogP contribution in [0.4, 0.5) is 10.1 Å². The fraction of sp³-hybridized carbons (Fsp3) is 0.143. The van der Waals surface area contributed by atoms with E-state index in [1.165, 1.54) is 19.2 Å². The maximum absolute atomic E-state index is 13.2. The van der Waals surface area contributed by atoms with E-state index in [0.717, 1.165) is 0 Å². The van der Waals surface area contributed by atoms with Gasteiger partial charge in [-0.2, -0.15) is 0 Å². The van der Waals surface area contributed by atoms with Crippen LogP contribution in [0.25, 0.3) is 0 Å². The summed E-state index contributed by atoms with van der Waals surface area (Å²) < 4.78 is 18.2. The maximum Gasteiger partial charge on any atom is 0.162 e. The minimum absolute atomic E-state index is 0.0694. The molecule has 0 aliphatic heterocycles. The Morgan fingerprint density at radius 1 is 1.32 bits per heavy atom. The highest BCUT2D eigenvalue weighted by Gasteiger charge is 2.07. The van der Waals surface area contributed by atoms with Crippen LogP contribution in [0, 0.1) is 5.82 Å². The van der Waals surface area contributed by atoms with Gasteiger partial charge in [-0.25, -0.2) is 4.39 Å². The molecule has 2 aromatic rings. The van der Waals surface area contributed by atoms with Gasteiger partial charge in [0.25, 0.3) is 0 Å². The number of ether oxygens (including phenoxy) is 1. The zero-order valence-corrected chi connectivity index (χ0v) is 11.0. The molecule has 0 heterocycles. The molecule has 2 rings (SSSR count). The number of nitrogens with one attached hydrogen (secondary N) is 1. The Morgan fingerprint density at radius 2 is 2.11 bits per heavy atom. The molecule has 0 aliphatic carbocycles. The summed E-state index contributed by atoms with van der Waals surface area (Å²) in [6, 6.07) is 9.37. The number of hydrogen-bond donors (Lipinski definition) is 2. The van der Waals surface area contributed by atoms with Crippen LogP contribution in [0.5, 0.6) is 11.5 Å². The molecule has 100 valence electrons. The normalized spacial score (nSPS) is 10.3. The van der Waals surface area contributed by atoms with Gasteiger partial charge in [0.1, 0.15) is 5.82 Å². The molecule has 0 bridgehead atoms. The first-order valence-electron chi connectivity index (χ1n) is 5.65. The summed E-state index contributed by atoms with van der Waals surface area (Å²) in [5.41, 5.74) is 1.20. The molecule has 0 fully saturated rings. The molecular weight excluding hydrogens is 269 g/mol. The molecular formula is C14H13ClFNO2. The molecule has 3 nitrogen and oxygen atoms in total. The third-order valence-electron chi connectivity index (χ3n) is 2.65. The lowest BCUT2D eigenvalue weighted by Gasteiger charge is -2.11. The van der Waals surface area contributed by atoms with Crippen LogP contribution < -0.4 is 10.1 Å². The second-order valence-corrected chi connectivity index (χ2v) is 4.42. The maximum atomic E-state index is 13.2. The first-order valence-corrected chi connectivity index (χ1v) is 6.03. The fourth-order valence-corrected chi connectivity index (χ4v) is 1.95. The van der Waals surface area contributed by atoms with Crippen LogP contribution in [0.2, 0.25) is 5.02 Å². The molecule has 0 aliphatic rings. The number of methoxy groups -OCH3 is 1. The standard InChI is InChI=1S/C14H13ClFNO2/c1-19-13-4-2-3-9(14(13)18)8-17-12-6-10(15)5-11(16)7-12/h2-7,17-18H,8H2,1H3. The Kier molecular flexibility index (Phi) is 4.12. The van der Waals surface area contributed by atoms with Crippen molar-refractivity contribution in [1.82, 2.24) is 0 Å². The lowest BCUT2D eigenvalue weighted by molar-refractivity contribution is 0.371. The summed E-state index contributed by atoms with van der Waals surface area (Å²) >= 11 is 5.76. The number of anilines is 1. The molecule has 0 radical (unpaired) electrons. The van der Waals surface area contributed by atoms with E-state index in [9.17, 15) is 9.50 Å². The highest BCUT2D eigenvalue weighted by molar-refractivity contribution is 6.30. The average Bonchev–Trinajstić information content (AvgIpc) is 2.36. The number of phenols is 1. The van der Waals surface area contributed by atoms with Crippen molar-refractivity contribution < 1.29 is 14.2 Å². The Labute approximate surface area is 115 Å². The Bertz CT molecular complexity index is 569. The van der Waals surface area contributed by atoms with Gasteiger partial charge in [-0.1, -0.05) is 23.7 Å². The van der Waals surface area contributed by atoms with Crippen LogP contribution in [-0.4, -0.2) is 12.2 Å². The molecule has 0 amide bonds. The van der Waals surface area contributed by atoms with E-state index in [1.807, 2.05) is 0 Å². The van der Waals surface area contributed by atoms with E-state index < -0.39 is 5.82 Å². The number of phenolic OH excluding ortho intramolecular Hbond substituents is 1. The third kappa shape index (κ3) is 3.29. The van der Waals surface area contributed by atoms with Crippen molar-refractivity contribution in [2.75, 3.05) is 12.4 Å². The van der Waals surface area contributed by atoms with Gasteiger partial charge >= 0.3 is 0 Å². The molecule has 2 N–H and O–H groups in total. The first-order chi connectivity index (χ1) is 9.10. The van der Waals surface area contributed by atoms with Gasteiger partial charge in [-0.05, 0) is 24.3 Å². The zero-order chi connectivity index (χ0) is 13.8. The number of rotatable bonds is 4. The topological polar surface area (TPSA) is 41.5 Å². The van der Waals surface area contributed by atoms with Crippen LogP contribution in [-0.2, 0) is 6.54 Å². The SMILES string of the molecule is COc1cccc(CNc2cc(F)cc(Cl)c2)c1O. The van der Waals surface area contributed by atoms with E-state index in [2.05, 4.69) is 5.32 Å². The van der Waals surface area contributed by atoms with E-state index in [0.29, 0.717) is 28.6 Å². The predicted molar refractivity (Wildman–Crippen MR) is 73.4 cm³/mol. The van der Waals surface area contributed by atoms with Gasteiger partial charge in [-0.3, -0.25) is 0 Å². The van der Waals surface area contributed by atoms with Crippen LogP contribution in [0.3, 0.4) is 0 Å². The van der Waals surface area contributed by atoms with Crippen molar-refractivity contribution in [1.29, 1.82) is 0 Å². The van der Waals surface area contributed by atoms with E-state index in [1.54, 1.807) is 24.3 Å². The Morgan fingerprint density at radius 3 is 2.79 bits per heavy atom. The summed E-state index contributed by atoms with van der Waals surface area (Å²) in [6.07, 6.45) is 0. The number of para-hydroxylation sites is 1. The molecule has 0 aromatic heterocycles. The minimum atomic E-state index is -0.412. The van der Waals surface area contributed by atoms with Crippen molar-refractivity contribution in [2.45, 2.75) is 6.54 Å². The van der Waals surface area contributed by atoms with Gasteiger partial charge in [0.05, 0.1) is 7.11 Å². The van der Waals surface area contributed by atoms with E-state index in [4.69, 9.17) is 16.3 Å². The lowest BCUT2D eigenvalue weighted by Crippen LogP contribution is -2.00. The number of benzene rings is 2. The minimum Gasteiger partial charge on any atom is -0.504 e. The van der Waals surface area contributed by atoms with Crippen molar-refractivity contribution in [3.05, 3.63) is 52.8 Å². The van der Waals surface area contributed by atoms with Gasteiger partial charge < -0.3 is 15.2 Å². The Balaban J connectivity index is 2.14. The molecule has 0 atom stereocenters. The number of hydrogen-bond acceptors (Lipinski definition) is 3. The highest BCUT2D eigenvalue weighted by atomic mass is 35.5. The molecule has 5 heteroatoms. The van der Waals surface area contributed by atoms with Gasteiger partial charge in [0.15, 0.2) is 11.5 Å². The van der Waals surface area contributed by atoms with Crippen molar-refractivity contribution in [3.8, 4) is 11.5 Å². The molecule has 0 spiro atoms.